The topological polar surface area (TPSA) is 73.9 Å². The monoisotopic (exact) mass is 309 g/mol. The molecule has 0 rings (SSSR count). The highest BCUT2D eigenvalue weighted by Gasteiger charge is 2.26. The van der Waals surface area contributed by atoms with E-state index in [4.69, 9.17) is 9.47 Å². The highest BCUT2D eigenvalue weighted by molar-refractivity contribution is 5.86. The number of halogens is 2. The number of amides is 1. The van der Waals surface area contributed by atoms with Crippen molar-refractivity contribution >= 4 is 12.1 Å². The van der Waals surface area contributed by atoms with Gasteiger partial charge in [-0.05, 0) is 6.92 Å². The van der Waals surface area contributed by atoms with E-state index in [1.54, 1.807) is 0 Å². The third-order valence-electron chi connectivity index (χ3n) is 2.20. The number of ether oxygens (including phenoxy) is 3. The lowest BCUT2D eigenvalue weighted by atomic mass is 10.4. The molecule has 0 spiro atoms. The molecule has 21 heavy (non-hydrogen) atoms. The highest BCUT2D eigenvalue weighted by atomic mass is 19.3. The summed E-state index contributed by atoms with van der Waals surface area (Å²) in [7, 11) is 0. The van der Waals surface area contributed by atoms with Crippen molar-refractivity contribution in [2.45, 2.75) is 32.8 Å². The smallest absolute Gasteiger partial charge is 0.407 e. The Morgan fingerprint density at radius 1 is 1.19 bits per heavy atom. The van der Waals surface area contributed by atoms with Crippen LogP contribution in [0.4, 0.5) is 13.6 Å². The quantitative estimate of drug-likeness (QED) is 0.380. The molecule has 0 heterocycles. The molecule has 0 aromatic carbocycles. The van der Waals surface area contributed by atoms with Crippen LogP contribution in [-0.4, -0.2) is 44.5 Å². The second-order valence-corrected chi connectivity index (χ2v) is 4.17. The Kier molecular flexibility index (Phi) is 9.27. The van der Waals surface area contributed by atoms with Crippen LogP contribution in [0.3, 0.4) is 0 Å². The first-order valence-electron chi connectivity index (χ1n) is 6.53. The minimum Gasteiger partial charge on any atom is -0.460 e. The van der Waals surface area contributed by atoms with Gasteiger partial charge in [0.15, 0.2) is 0 Å². The SMILES string of the molecule is C=C(C)C(=O)OCCNC(=O)OCCCOC(F)(F)CC. The number of esters is 1. The largest absolute Gasteiger partial charge is 0.460 e. The molecule has 0 aromatic rings. The molecule has 0 atom stereocenters. The van der Waals surface area contributed by atoms with Gasteiger partial charge in [-0.1, -0.05) is 13.5 Å². The summed E-state index contributed by atoms with van der Waals surface area (Å²) in [6, 6.07) is 0. The van der Waals surface area contributed by atoms with Crippen LogP contribution >= 0.6 is 0 Å². The van der Waals surface area contributed by atoms with Gasteiger partial charge in [0.05, 0.1) is 19.8 Å². The molecule has 0 aliphatic heterocycles. The first kappa shape index (κ1) is 19.3. The molecule has 8 heteroatoms. The van der Waals surface area contributed by atoms with Gasteiger partial charge in [0.2, 0.25) is 0 Å². The van der Waals surface area contributed by atoms with Gasteiger partial charge in [-0.3, -0.25) is 0 Å². The Balaban J connectivity index is 3.51. The van der Waals surface area contributed by atoms with Gasteiger partial charge in [-0.25, -0.2) is 9.59 Å². The summed E-state index contributed by atoms with van der Waals surface area (Å²) in [5, 5.41) is 2.34. The predicted octanol–water partition coefficient (Wildman–Crippen LogP) is 2.24. The first-order chi connectivity index (χ1) is 9.78. The average molecular weight is 309 g/mol. The third kappa shape index (κ3) is 10.7. The van der Waals surface area contributed by atoms with Gasteiger partial charge < -0.3 is 19.5 Å². The fourth-order valence-corrected chi connectivity index (χ4v) is 1.02. The number of carbonyl (C=O) groups excluding carboxylic acids is 2. The van der Waals surface area contributed by atoms with E-state index < -0.39 is 24.6 Å². The van der Waals surface area contributed by atoms with Crippen molar-refractivity contribution in [3.8, 4) is 0 Å². The molecule has 6 nitrogen and oxygen atoms in total. The lowest BCUT2D eigenvalue weighted by Gasteiger charge is -2.14. The maximum absolute atomic E-state index is 12.7. The average Bonchev–Trinajstić information content (AvgIpc) is 2.42. The van der Waals surface area contributed by atoms with Crippen molar-refractivity contribution in [3.05, 3.63) is 12.2 Å². The van der Waals surface area contributed by atoms with Gasteiger partial charge in [0.25, 0.3) is 0 Å². The number of alkyl carbamates (subject to hydrolysis) is 1. The zero-order valence-corrected chi connectivity index (χ0v) is 12.2. The van der Waals surface area contributed by atoms with Gasteiger partial charge in [-0.15, -0.1) is 0 Å². The Morgan fingerprint density at radius 3 is 2.43 bits per heavy atom. The maximum Gasteiger partial charge on any atom is 0.407 e. The van der Waals surface area contributed by atoms with Crippen molar-refractivity contribution in [1.82, 2.24) is 5.32 Å². The predicted molar refractivity (Wildman–Crippen MR) is 70.9 cm³/mol. The van der Waals surface area contributed by atoms with E-state index >= 15 is 0 Å². The number of alkyl halides is 2. The lowest BCUT2D eigenvalue weighted by molar-refractivity contribution is -0.240. The van der Waals surface area contributed by atoms with E-state index in [9.17, 15) is 18.4 Å². The van der Waals surface area contributed by atoms with E-state index in [2.05, 4.69) is 16.6 Å². The van der Waals surface area contributed by atoms with Crippen LogP contribution in [0.2, 0.25) is 0 Å². The molecule has 1 amide bonds. The zero-order chi connectivity index (χ0) is 16.3. The second-order valence-electron chi connectivity index (χ2n) is 4.17. The molecule has 0 aliphatic carbocycles. The summed E-state index contributed by atoms with van der Waals surface area (Å²) < 4.78 is 39.1. The van der Waals surface area contributed by atoms with Crippen LogP contribution in [0.25, 0.3) is 0 Å². The summed E-state index contributed by atoms with van der Waals surface area (Å²) >= 11 is 0. The fourth-order valence-electron chi connectivity index (χ4n) is 1.02. The van der Waals surface area contributed by atoms with Crippen LogP contribution < -0.4 is 5.32 Å². The van der Waals surface area contributed by atoms with Crippen LogP contribution in [0.1, 0.15) is 26.7 Å². The van der Waals surface area contributed by atoms with Crippen molar-refractivity contribution in [1.29, 1.82) is 0 Å². The Labute approximate surface area is 122 Å². The van der Waals surface area contributed by atoms with Crippen molar-refractivity contribution in [2.24, 2.45) is 0 Å². The van der Waals surface area contributed by atoms with Gasteiger partial charge in [0, 0.05) is 18.4 Å². The van der Waals surface area contributed by atoms with Crippen molar-refractivity contribution < 1.29 is 32.6 Å². The minimum atomic E-state index is -3.14. The number of nitrogens with one attached hydrogen (secondary N) is 1. The molecular formula is C13H21F2NO5. The number of hydrogen-bond acceptors (Lipinski definition) is 5. The molecule has 0 radical (unpaired) electrons. The highest BCUT2D eigenvalue weighted by Crippen LogP contribution is 2.19. The molecule has 0 saturated carbocycles. The van der Waals surface area contributed by atoms with Crippen LogP contribution in [-0.2, 0) is 19.0 Å². The molecule has 0 bridgehead atoms. The molecule has 0 fully saturated rings. The molecular weight excluding hydrogens is 288 g/mol. The molecule has 0 aliphatic rings. The zero-order valence-electron chi connectivity index (χ0n) is 12.2. The van der Waals surface area contributed by atoms with Gasteiger partial charge >= 0.3 is 18.2 Å². The van der Waals surface area contributed by atoms with Crippen LogP contribution in [0.5, 0.6) is 0 Å². The van der Waals surface area contributed by atoms with E-state index in [1.165, 1.54) is 13.8 Å². The Morgan fingerprint density at radius 2 is 1.86 bits per heavy atom. The Hall–Kier alpha value is -1.70. The first-order valence-corrected chi connectivity index (χ1v) is 6.53. The molecule has 0 unspecified atom stereocenters. The van der Waals surface area contributed by atoms with Crippen LogP contribution in [0, 0.1) is 0 Å². The lowest BCUT2D eigenvalue weighted by Crippen LogP contribution is -2.29. The normalized spacial score (nSPS) is 10.9. The maximum atomic E-state index is 12.7. The molecule has 122 valence electrons. The van der Waals surface area contributed by atoms with Crippen molar-refractivity contribution in [3.63, 3.8) is 0 Å². The number of carbonyl (C=O) groups is 2. The molecule has 0 aromatic heterocycles. The summed E-state index contributed by atoms with van der Waals surface area (Å²) in [5.74, 6) is -0.542. The standard InChI is InChI=1S/C13H21F2NO5/c1-4-13(14,15)21-8-5-7-20-12(18)16-6-9-19-11(17)10(2)3/h2,4-9H2,1,3H3,(H,16,18). The van der Waals surface area contributed by atoms with Gasteiger partial charge in [0.1, 0.15) is 6.61 Å². The number of hydrogen-bond donors (Lipinski definition) is 1. The second kappa shape index (κ2) is 10.1. The van der Waals surface area contributed by atoms with E-state index in [-0.39, 0.29) is 38.4 Å². The van der Waals surface area contributed by atoms with Crippen molar-refractivity contribution in [2.75, 3.05) is 26.4 Å². The van der Waals surface area contributed by atoms with E-state index in [0.29, 0.717) is 0 Å². The Bertz CT molecular complexity index is 360. The summed E-state index contributed by atoms with van der Waals surface area (Å²) in [6.07, 6.45) is -4.11. The van der Waals surface area contributed by atoms with E-state index in [1.807, 2.05) is 0 Å². The fraction of sp³-hybridized carbons (Fsp3) is 0.692. The van der Waals surface area contributed by atoms with Crippen LogP contribution in [0.15, 0.2) is 12.2 Å². The number of rotatable bonds is 10. The van der Waals surface area contributed by atoms with E-state index in [0.717, 1.165) is 0 Å². The summed E-state index contributed by atoms with van der Waals surface area (Å²) in [6.45, 7) is 6.05. The third-order valence-corrected chi connectivity index (χ3v) is 2.20. The minimum absolute atomic E-state index is 0.00731. The van der Waals surface area contributed by atoms with Gasteiger partial charge in [-0.2, -0.15) is 8.78 Å². The summed E-state index contributed by atoms with van der Waals surface area (Å²) in [5.41, 5.74) is 0.265. The summed E-state index contributed by atoms with van der Waals surface area (Å²) in [4.78, 5) is 22.2. The molecule has 0 saturated heterocycles. The molecule has 1 N–H and O–H groups in total.